The molecule has 2 rings (SSSR count). The zero-order valence-electron chi connectivity index (χ0n) is 11.4. The predicted molar refractivity (Wildman–Crippen MR) is 71.8 cm³/mol. The van der Waals surface area contributed by atoms with Gasteiger partial charge in [0.1, 0.15) is 5.82 Å². The number of Topliss-reactive ketones (excluding diaryl/α,β-unsaturated/α-hetero) is 1. The van der Waals surface area contributed by atoms with Crippen LogP contribution < -0.4 is 0 Å². The minimum absolute atomic E-state index is 0.0930. The van der Waals surface area contributed by atoms with Gasteiger partial charge in [0.15, 0.2) is 5.78 Å². The van der Waals surface area contributed by atoms with E-state index in [4.69, 9.17) is 0 Å². The molecule has 1 heterocycles. The Kier molecular flexibility index (Phi) is 3.79. The number of halogens is 1. The van der Waals surface area contributed by atoms with Crippen molar-refractivity contribution in [1.29, 1.82) is 0 Å². The zero-order chi connectivity index (χ0) is 14.0. The lowest BCUT2D eigenvalue weighted by Gasteiger charge is -2.03. The molecule has 0 aliphatic carbocycles. The molecular formula is C15H17FN2O. The molecule has 0 amide bonds. The smallest absolute Gasteiger partial charge is 0.168 e. The summed E-state index contributed by atoms with van der Waals surface area (Å²) >= 11 is 0. The van der Waals surface area contributed by atoms with Gasteiger partial charge in [0.05, 0.1) is 12.1 Å². The summed E-state index contributed by atoms with van der Waals surface area (Å²) in [6.45, 7) is 3.70. The van der Waals surface area contributed by atoms with Crippen molar-refractivity contribution >= 4 is 5.78 Å². The molecular weight excluding hydrogens is 243 g/mol. The first-order valence-electron chi connectivity index (χ1n) is 6.32. The van der Waals surface area contributed by atoms with Crippen molar-refractivity contribution in [2.45, 2.75) is 26.7 Å². The van der Waals surface area contributed by atoms with Crippen LogP contribution >= 0.6 is 0 Å². The topological polar surface area (TPSA) is 34.9 Å². The van der Waals surface area contributed by atoms with Gasteiger partial charge in [-0.15, -0.1) is 0 Å². The van der Waals surface area contributed by atoms with Crippen molar-refractivity contribution in [2.24, 2.45) is 7.05 Å². The van der Waals surface area contributed by atoms with E-state index in [1.807, 2.05) is 20.0 Å². The van der Waals surface area contributed by atoms with Crippen molar-refractivity contribution in [3.63, 3.8) is 0 Å². The average molecular weight is 260 g/mol. The highest BCUT2D eigenvalue weighted by atomic mass is 19.1. The molecule has 0 saturated heterocycles. The van der Waals surface area contributed by atoms with Crippen molar-refractivity contribution in [3.8, 4) is 0 Å². The molecule has 1 aromatic carbocycles. The van der Waals surface area contributed by atoms with Gasteiger partial charge >= 0.3 is 0 Å². The molecule has 3 nitrogen and oxygen atoms in total. The monoisotopic (exact) mass is 260 g/mol. The third-order valence-corrected chi connectivity index (χ3v) is 3.23. The summed E-state index contributed by atoms with van der Waals surface area (Å²) in [6.07, 6.45) is 1.08. The number of benzene rings is 1. The maximum absolute atomic E-state index is 13.4. The fourth-order valence-electron chi connectivity index (χ4n) is 1.94. The predicted octanol–water partition coefficient (Wildman–Crippen LogP) is 2.86. The summed E-state index contributed by atoms with van der Waals surface area (Å²) in [7, 11) is 1.82. The third kappa shape index (κ3) is 2.89. The number of hydrogen-bond donors (Lipinski definition) is 0. The maximum atomic E-state index is 13.4. The van der Waals surface area contributed by atoms with Crippen molar-refractivity contribution in [2.75, 3.05) is 0 Å². The lowest BCUT2D eigenvalue weighted by Crippen LogP contribution is -2.08. The van der Waals surface area contributed by atoms with Crippen LogP contribution in [-0.4, -0.2) is 15.6 Å². The van der Waals surface area contributed by atoms with Gasteiger partial charge in [-0.25, -0.2) is 4.39 Å². The van der Waals surface area contributed by atoms with Crippen LogP contribution in [0.5, 0.6) is 0 Å². The van der Waals surface area contributed by atoms with Crippen LogP contribution in [-0.2, 0) is 19.9 Å². The largest absolute Gasteiger partial charge is 0.294 e. The number of carbonyl (C=O) groups excluding carboxylic acids is 1. The van der Waals surface area contributed by atoms with E-state index < -0.39 is 0 Å². The van der Waals surface area contributed by atoms with Gasteiger partial charge in [-0.1, -0.05) is 19.1 Å². The zero-order valence-corrected chi connectivity index (χ0v) is 11.4. The molecule has 1 aromatic heterocycles. The van der Waals surface area contributed by atoms with Gasteiger partial charge in [-0.05, 0) is 31.0 Å². The van der Waals surface area contributed by atoms with Gasteiger partial charge in [-0.2, -0.15) is 5.10 Å². The first kappa shape index (κ1) is 13.5. The summed E-state index contributed by atoms with van der Waals surface area (Å²) in [5.41, 5.74) is 2.76. The highest BCUT2D eigenvalue weighted by molar-refractivity contribution is 5.97. The quantitative estimate of drug-likeness (QED) is 0.792. The number of aromatic nitrogens is 2. The molecule has 0 N–H and O–H groups in total. The number of rotatable bonds is 4. The average Bonchev–Trinajstić information content (AvgIpc) is 2.73. The maximum Gasteiger partial charge on any atom is 0.168 e. The van der Waals surface area contributed by atoms with E-state index in [-0.39, 0.29) is 18.0 Å². The molecule has 2 aromatic rings. The fourth-order valence-corrected chi connectivity index (χ4v) is 1.94. The number of carbonyl (C=O) groups is 1. The van der Waals surface area contributed by atoms with Crippen LogP contribution in [0, 0.1) is 12.7 Å². The van der Waals surface area contributed by atoms with Crippen molar-refractivity contribution in [1.82, 2.24) is 9.78 Å². The summed E-state index contributed by atoms with van der Waals surface area (Å²) in [6, 6.07) is 6.51. The van der Waals surface area contributed by atoms with Crippen LogP contribution in [0.1, 0.15) is 34.2 Å². The molecule has 0 spiro atoms. The van der Waals surface area contributed by atoms with Crippen LogP contribution in [0.25, 0.3) is 0 Å². The van der Waals surface area contributed by atoms with Crippen LogP contribution in [0.2, 0.25) is 0 Å². The lowest BCUT2D eigenvalue weighted by atomic mass is 10.0. The standard InChI is InChI=1S/C15H17FN2O/c1-4-12-8-13(18(3)17-12)9-15(19)11-6-5-10(2)14(16)7-11/h5-8H,4,9H2,1-3H3. The molecule has 0 atom stereocenters. The van der Waals surface area contributed by atoms with E-state index in [9.17, 15) is 9.18 Å². The first-order valence-corrected chi connectivity index (χ1v) is 6.32. The van der Waals surface area contributed by atoms with Gasteiger partial charge in [0.2, 0.25) is 0 Å². The minimum atomic E-state index is -0.342. The fraction of sp³-hybridized carbons (Fsp3) is 0.333. The molecule has 19 heavy (non-hydrogen) atoms. The van der Waals surface area contributed by atoms with Gasteiger partial charge in [0, 0.05) is 18.3 Å². The molecule has 0 aliphatic rings. The van der Waals surface area contributed by atoms with Crippen molar-refractivity contribution < 1.29 is 9.18 Å². The second-order valence-corrected chi connectivity index (χ2v) is 4.67. The van der Waals surface area contributed by atoms with Gasteiger partial charge in [-0.3, -0.25) is 9.48 Å². The molecule has 0 saturated carbocycles. The van der Waals surface area contributed by atoms with E-state index in [0.29, 0.717) is 11.1 Å². The second-order valence-electron chi connectivity index (χ2n) is 4.67. The Hall–Kier alpha value is -1.97. The van der Waals surface area contributed by atoms with Gasteiger partial charge < -0.3 is 0 Å². The van der Waals surface area contributed by atoms with E-state index in [1.54, 1.807) is 23.7 Å². The summed E-state index contributed by atoms with van der Waals surface area (Å²) in [4.78, 5) is 12.1. The minimum Gasteiger partial charge on any atom is -0.294 e. The Morgan fingerprint density at radius 3 is 2.68 bits per heavy atom. The van der Waals surface area contributed by atoms with Crippen LogP contribution in [0.15, 0.2) is 24.3 Å². The lowest BCUT2D eigenvalue weighted by molar-refractivity contribution is 0.0990. The third-order valence-electron chi connectivity index (χ3n) is 3.23. The van der Waals surface area contributed by atoms with E-state index >= 15 is 0 Å². The van der Waals surface area contributed by atoms with E-state index in [1.165, 1.54) is 6.07 Å². The molecule has 0 radical (unpaired) electrons. The molecule has 0 aliphatic heterocycles. The van der Waals surface area contributed by atoms with Crippen LogP contribution in [0.3, 0.4) is 0 Å². The van der Waals surface area contributed by atoms with Crippen molar-refractivity contribution in [3.05, 3.63) is 52.6 Å². The Labute approximate surface area is 112 Å². The summed E-state index contributed by atoms with van der Waals surface area (Å²) < 4.78 is 15.2. The Morgan fingerprint density at radius 1 is 1.37 bits per heavy atom. The number of nitrogens with zero attached hydrogens (tertiary/aromatic N) is 2. The summed E-state index contributed by atoms with van der Waals surface area (Å²) in [5.74, 6) is -0.436. The SMILES string of the molecule is CCc1cc(CC(=O)c2ccc(C)c(F)c2)n(C)n1. The molecule has 0 fully saturated rings. The number of hydrogen-bond acceptors (Lipinski definition) is 2. The normalized spacial score (nSPS) is 10.7. The number of ketones is 1. The molecule has 100 valence electrons. The Morgan fingerprint density at radius 2 is 2.11 bits per heavy atom. The molecule has 4 heteroatoms. The molecule has 0 unspecified atom stereocenters. The first-order chi connectivity index (χ1) is 9.01. The number of aryl methyl sites for hydroxylation is 3. The van der Waals surface area contributed by atoms with Gasteiger partial charge in [0.25, 0.3) is 0 Å². The van der Waals surface area contributed by atoms with E-state index in [2.05, 4.69) is 5.10 Å². The Bertz CT molecular complexity index is 617. The second kappa shape index (κ2) is 5.34. The summed E-state index contributed by atoms with van der Waals surface area (Å²) in [5, 5.41) is 4.30. The Balaban J connectivity index is 2.20. The highest BCUT2D eigenvalue weighted by Gasteiger charge is 2.12. The molecule has 0 bridgehead atoms. The van der Waals surface area contributed by atoms with Crippen LogP contribution in [0.4, 0.5) is 4.39 Å². The highest BCUT2D eigenvalue weighted by Crippen LogP contribution is 2.13. The van der Waals surface area contributed by atoms with E-state index in [0.717, 1.165) is 17.8 Å².